The summed E-state index contributed by atoms with van der Waals surface area (Å²) < 4.78 is 37.5. The van der Waals surface area contributed by atoms with Crippen LogP contribution in [0, 0.1) is 0 Å². The van der Waals surface area contributed by atoms with Gasteiger partial charge in [-0.25, -0.2) is 0 Å². The molecule has 2 N–H and O–H groups in total. The molecule has 86 valence electrons. The van der Waals surface area contributed by atoms with E-state index in [2.05, 4.69) is 5.10 Å². The number of hydrogen-bond donors (Lipinski definition) is 1. The molecule has 15 heavy (non-hydrogen) atoms. The molecule has 1 rings (SSSR count). The fraction of sp³-hybridized carbons (Fsp3) is 0.667. The maximum atomic E-state index is 12.2. The summed E-state index contributed by atoms with van der Waals surface area (Å²) in [6.45, 7) is 2.40. The Morgan fingerprint density at radius 2 is 2.13 bits per heavy atom. The molecule has 6 heteroatoms. The molecular formula is C9H14F3N3. The van der Waals surface area contributed by atoms with E-state index < -0.39 is 18.8 Å². The largest absolute Gasteiger partial charge is 0.408 e. The van der Waals surface area contributed by atoms with Gasteiger partial charge in [-0.15, -0.1) is 0 Å². The third-order valence-corrected chi connectivity index (χ3v) is 2.02. The molecule has 0 saturated heterocycles. The predicted octanol–water partition coefficient (Wildman–Crippen LogP) is 2.03. The Kier molecular flexibility index (Phi) is 3.38. The van der Waals surface area contributed by atoms with Gasteiger partial charge in [-0.1, -0.05) is 6.92 Å². The first-order valence-corrected chi connectivity index (χ1v) is 4.72. The molecule has 3 nitrogen and oxygen atoms in total. The number of aromatic nitrogens is 2. The molecule has 0 fully saturated rings. The highest BCUT2D eigenvalue weighted by Crippen LogP contribution is 2.21. The van der Waals surface area contributed by atoms with Gasteiger partial charge < -0.3 is 5.73 Å². The lowest BCUT2D eigenvalue weighted by atomic mass is 10.2. The van der Waals surface area contributed by atoms with Crippen LogP contribution in [0.4, 0.5) is 13.2 Å². The van der Waals surface area contributed by atoms with E-state index >= 15 is 0 Å². The first-order chi connectivity index (χ1) is 6.83. The normalized spacial score (nSPS) is 14.3. The molecule has 0 radical (unpaired) electrons. The van der Waals surface area contributed by atoms with Crippen LogP contribution in [-0.2, 0) is 13.0 Å². The van der Waals surface area contributed by atoms with Gasteiger partial charge in [-0.2, -0.15) is 18.3 Å². The number of rotatable bonds is 3. The molecule has 0 saturated carbocycles. The molecule has 0 unspecified atom stereocenters. The minimum atomic E-state index is -4.26. The average Bonchev–Trinajstić information content (AvgIpc) is 2.44. The van der Waals surface area contributed by atoms with E-state index in [1.807, 2.05) is 6.92 Å². The van der Waals surface area contributed by atoms with Crippen molar-refractivity contribution in [3.63, 3.8) is 0 Å². The van der Waals surface area contributed by atoms with Gasteiger partial charge in [-0.3, -0.25) is 4.68 Å². The quantitative estimate of drug-likeness (QED) is 0.848. The van der Waals surface area contributed by atoms with E-state index in [4.69, 9.17) is 5.73 Å². The SMILES string of the molecule is CCc1cc([C@H](C)N)n(CC(F)(F)F)n1. The van der Waals surface area contributed by atoms with Crippen molar-refractivity contribution < 1.29 is 13.2 Å². The zero-order valence-electron chi connectivity index (χ0n) is 8.67. The summed E-state index contributed by atoms with van der Waals surface area (Å²) in [7, 11) is 0. The minimum absolute atomic E-state index is 0.421. The van der Waals surface area contributed by atoms with Crippen molar-refractivity contribution in [2.24, 2.45) is 5.73 Å². The van der Waals surface area contributed by atoms with Crippen molar-refractivity contribution in [3.05, 3.63) is 17.5 Å². The standard InChI is InChI=1S/C9H14F3N3/c1-3-7-4-8(6(2)13)15(14-7)5-9(10,11)12/h4,6H,3,5,13H2,1-2H3/t6-/m0/s1. The Hall–Kier alpha value is -1.04. The van der Waals surface area contributed by atoms with Crippen molar-refractivity contribution in [1.29, 1.82) is 0 Å². The van der Waals surface area contributed by atoms with Crippen LogP contribution in [0.2, 0.25) is 0 Å². The zero-order chi connectivity index (χ0) is 11.6. The summed E-state index contributed by atoms with van der Waals surface area (Å²) in [5.41, 5.74) is 6.62. The predicted molar refractivity (Wildman–Crippen MR) is 50.3 cm³/mol. The van der Waals surface area contributed by atoms with Gasteiger partial charge in [0.15, 0.2) is 0 Å². The van der Waals surface area contributed by atoms with Gasteiger partial charge in [0.25, 0.3) is 0 Å². The van der Waals surface area contributed by atoms with Crippen molar-refractivity contribution >= 4 is 0 Å². The number of aryl methyl sites for hydroxylation is 1. The van der Waals surface area contributed by atoms with E-state index in [9.17, 15) is 13.2 Å². The van der Waals surface area contributed by atoms with Gasteiger partial charge >= 0.3 is 6.18 Å². The van der Waals surface area contributed by atoms with E-state index in [0.29, 0.717) is 17.8 Å². The van der Waals surface area contributed by atoms with Gasteiger partial charge in [0.1, 0.15) is 6.54 Å². The number of nitrogens with two attached hydrogens (primary N) is 1. The Morgan fingerprint density at radius 1 is 1.53 bits per heavy atom. The number of halogens is 3. The lowest BCUT2D eigenvalue weighted by Gasteiger charge is -2.11. The molecule has 1 aromatic heterocycles. The van der Waals surface area contributed by atoms with E-state index in [-0.39, 0.29) is 0 Å². The Morgan fingerprint density at radius 3 is 2.53 bits per heavy atom. The highest BCUT2D eigenvalue weighted by Gasteiger charge is 2.30. The van der Waals surface area contributed by atoms with Gasteiger partial charge in [0.2, 0.25) is 0 Å². The number of hydrogen-bond acceptors (Lipinski definition) is 2. The van der Waals surface area contributed by atoms with Gasteiger partial charge in [0.05, 0.1) is 11.4 Å². The monoisotopic (exact) mass is 221 g/mol. The van der Waals surface area contributed by atoms with Crippen LogP contribution in [0.15, 0.2) is 6.07 Å². The maximum absolute atomic E-state index is 12.2. The Balaban J connectivity index is 2.99. The minimum Gasteiger partial charge on any atom is -0.323 e. The molecule has 0 amide bonds. The molecule has 0 aliphatic carbocycles. The van der Waals surface area contributed by atoms with Crippen molar-refractivity contribution in [2.45, 2.75) is 39.0 Å². The molecule has 1 atom stereocenters. The summed E-state index contributed by atoms with van der Waals surface area (Å²) in [4.78, 5) is 0. The van der Waals surface area contributed by atoms with Crippen LogP contribution in [0.1, 0.15) is 31.3 Å². The lowest BCUT2D eigenvalue weighted by molar-refractivity contribution is -0.143. The van der Waals surface area contributed by atoms with E-state index in [0.717, 1.165) is 4.68 Å². The summed E-state index contributed by atoms with van der Waals surface area (Å²) in [6.07, 6.45) is -3.66. The third-order valence-electron chi connectivity index (χ3n) is 2.02. The lowest BCUT2D eigenvalue weighted by Crippen LogP contribution is -2.22. The fourth-order valence-corrected chi connectivity index (χ4v) is 1.32. The summed E-state index contributed by atoms with van der Waals surface area (Å²) in [5.74, 6) is 0. The van der Waals surface area contributed by atoms with Crippen LogP contribution in [-0.4, -0.2) is 16.0 Å². The first-order valence-electron chi connectivity index (χ1n) is 4.72. The number of alkyl halides is 3. The van der Waals surface area contributed by atoms with E-state index in [1.165, 1.54) is 0 Å². The molecule has 0 aliphatic heterocycles. The van der Waals surface area contributed by atoms with Crippen LogP contribution in [0.5, 0.6) is 0 Å². The molecule has 1 heterocycles. The summed E-state index contributed by atoms with van der Waals surface area (Å²) in [5, 5.41) is 3.85. The Labute approximate surface area is 86.1 Å². The zero-order valence-corrected chi connectivity index (χ0v) is 8.67. The summed E-state index contributed by atoms with van der Waals surface area (Å²) >= 11 is 0. The Bertz CT molecular complexity index is 328. The fourth-order valence-electron chi connectivity index (χ4n) is 1.32. The molecule has 1 aromatic rings. The highest BCUT2D eigenvalue weighted by atomic mass is 19.4. The molecule has 0 spiro atoms. The van der Waals surface area contributed by atoms with Crippen LogP contribution < -0.4 is 5.73 Å². The van der Waals surface area contributed by atoms with E-state index in [1.54, 1.807) is 13.0 Å². The second kappa shape index (κ2) is 4.22. The molecule has 0 aliphatic rings. The van der Waals surface area contributed by atoms with Crippen molar-refractivity contribution in [2.75, 3.05) is 0 Å². The van der Waals surface area contributed by atoms with Crippen LogP contribution in [0.25, 0.3) is 0 Å². The third kappa shape index (κ3) is 3.23. The molecule has 0 aromatic carbocycles. The number of nitrogens with zero attached hydrogens (tertiary/aromatic N) is 2. The second-order valence-electron chi connectivity index (χ2n) is 3.48. The second-order valence-corrected chi connectivity index (χ2v) is 3.48. The van der Waals surface area contributed by atoms with Crippen LogP contribution >= 0.6 is 0 Å². The summed E-state index contributed by atoms with van der Waals surface area (Å²) in [6, 6.07) is 1.18. The smallest absolute Gasteiger partial charge is 0.323 e. The first kappa shape index (κ1) is 12.0. The van der Waals surface area contributed by atoms with Gasteiger partial charge in [-0.05, 0) is 19.4 Å². The highest BCUT2D eigenvalue weighted by molar-refractivity contribution is 5.13. The topological polar surface area (TPSA) is 43.8 Å². The van der Waals surface area contributed by atoms with Gasteiger partial charge in [0, 0.05) is 6.04 Å². The molecular weight excluding hydrogens is 207 g/mol. The van der Waals surface area contributed by atoms with Crippen LogP contribution in [0.3, 0.4) is 0 Å². The van der Waals surface area contributed by atoms with Crippen molar-refractivity contribution in [1.82, 2.24) is 9.78 Å². The average molecular weight is 221 g/mol. The molecule has 0 bridgehead atoms. The maximum Gasteiger partial charge on any atom is 0.408 e. The van der Waals surface area contributed by atoms with Crippen molar-refractivity contribution in [3.8, 4) is 0 Å².